The van der Waals surface area contributed by atoms with Crippen molar-refractivity contribution in [1.29, 1.82) is 0 Å². The van der Waals surface area contributed by atoms with Gasteiger partial charge in [-0.2, -0.15) is 0 Å². The summed E-state index contributed by atoms with van der Waals surface area (Å²) in [5.41, 5.74) is 2.90. The lowest BCUT2D eigenvalue weighted by Gasteiger charge is -2.47. The molecule has 3 N–H and O–H groups in total. The summed E-state index contributed by atoms with van der Waals surface area (Å²) in [7, 11) is 2.00. The molecule has 1 fully saturated rings. The molecule has 6 heteroatoms. The molecule has 1 aliphatic rings. The topological polar surface area (TPSA) is 68.3 Å². The summed E-state index contributed by atoms with van der Waals surface area (Å²) in [6.45, 7) is 7.89. The van der Waals surface area contributed by atoms with E-state index in [1.165, 1.54) is 0 Å². The maximum Gasteiger partial charge on any atom is 0.128 e. The smallest absolute Gasteiger partial charge is 0.128 e. The number of hydrogen-bond donors (Lipinski definition) is 2. The van der Waals surface area contributed by atoms with Crippen LogP contribution in [0.15, 0.2) is 12.4 Å². The van der Waals surface area contributed by atoms with Crippen LogP contribution in [0.4, 0.5) is 0 Å². The Bertz CT molecular complexity index is 401. The van der Waals surface area contributed by atoms with Gasteiger partial charge in [0.25, 0.3) is 0 Å². The van der Waals surface area contributed by atoms with Crippen molar-refractivity contribution < 1.29 is 4.74 Å². The van der Waals surface area contributed by atoms with Gasteiger partial charge in [-0.25, -0.2) is 10.4 Å². The number of hydrazine groups is 1. The van der Waals surface area contributed by atoms with Crippen LogP contribution in [0.25, 0.3) is 0 Å². The Hall–Kier alpha value is -0.950. The van der Waals surface area contributed by atoms with Gasteiger partial charge in [0.05, 0.1) is 19.3 Å². The van der Waals surface area contributed by atoms with E-state index < -0.39 is 0 Å². The lowest BCUT2D eigenvalue weighted by atomic mass is 9.86. The second-order valence-electron chi connectivity index (χ2n) is 5.31. The molecule has 0 amide bonds. The van der Waals surface area contributed by atoms with E-state index in [1.807, 2.05) is 24.0 Å². The summed E-state index contributed by atoms with van der Waals surface area (Å²) in [6.07, 6.45) is 4.76. The van der Waals surface area contributed by atoms with Gasteiger partial charge in [0, 0.05) is 38.1 Å². The van der Waals surface area contributed by atoms with Crippen LogP contribution in [0.5, 0.6) is 0 Å². The summed E-state index contributed by atoms with van der Waals surface area (Å²) in [6, 6.07) is -0.00407. The lowest BCUT2D eigenvalue weighted by molar-refractivity contribution is -0.0344. The summed E-state index contributed by atoms with van der Waals surface area (Å²) < 4.78 is 7.48. The van der Waals surface area contributed by atoms with Crippen molar-refractivity contribution in [3.8, 4) is 0 Å². The van der Waals surface area contributed by atoms with Gasteiger partial charge in [-0.15, -0.1) is 0 Å². The first-order chi connectivity index (χ1) is 9.13. The van der Waals surface area contributed by atoms with Gasteiger partial charge in [-0.1, -0.05) is 6.92 Å². The van der Waals surface area contributed by atoms with E-state index in [2.05, 4.69) is 29.2 Å². The van der Waals surface area contributed by atoms with Crippen molar-refractivity contribution in [2.24, 2.45) is 12.9 Å². The van der Waals surface area contributed by atoms with Gasteiger partial charge in [-0.3, -0.25) is 10.7 Å². The van der Waals surface area contributed by atoms with Crippen LogP contribution in [-0.4, -0.2) is 46.3 Å². The second kappa shape index (κ2) is 6.00. The molecule has 0 aliphatic carbocycles. The summed E-state index contributed by atoms with van der Waals surface area (Å²) in [5.74, 6) is 6.81. The number of rotatable bonds is 5. The Morgan fingerprint density at radius 1 is 1.53 bits per heavy atom. The highest BCUT2D eigenvalue weighted by Gasteiger charge is 2.41. The van der Waals surface area contributed by atoms with E-state index in [0.717, 1.165) is 38.5 Å². The number of hydrogen-bond acceptors (Lipinski definition) is 5. The Balaban J connectivity index is 2.29. The number of ether oxygens (including phenoxy) is 1. The van der Waals surface area contributed by atoms with Crippen molar-refractivity contribution in [3.05, 3.63) is 18.2 Å². The Labute approximate surface area is 114 Å². The fourth-order valence-corrected chi connectivity index (χ4v) is 2.87. The van der Waals surface area contributed by atoms with Crippen molar-refractivity contribution >= 4 is 0 Å². The minimum atomic E-state index is -0.0718. The summed E-state index contributed by atoms with van der Waals surface area (Å²) >= 11 is 0. The first-order valence-electron chi connectivity index (χ1n) is 6.89. The van der Waals surface area contributed by atoms with Crippen LogP contribution < -0.4 is 11.3 Å². The van der Waals surface area contributed by atoms with Crippen molar-refractivity contribution in [1.82, 2.24) is 19.9 Å². The third-order valence-corrected chi connectivity index (χ3v) is 4.35. The molecule has 0 spiro atoms. The number of imidazole rings is 1. The molecule has 19 heavy (non-hydrogen) atoms. The molecule has 0 saturated carbocycles. The quantitative estimate of drug-likeness (QED) is 0.598. The normalized spacial score (nSPS) is 22.1. The number of aromatic nitrogens is 2. The fourth-order valence-electron chi connectivity index (χ4n) is 2.87. The molecule has 2 unspecified atom stereocenters. The highest BCUT2D eigenvalue weighted by molar-refractivity contribution is 5.09. The lowest BCUT2D eigenvalue weighted by Crippen LogP contribution is -2.59. The minimum absolute atomic E-state index is 0.00407. The molecule has 6 nitrogen and oxygen atoms in total. The van der Waals surface area contributed by atoms with E-state index in [-0.39, 0.29) is 11.6 Å². The first-order valence-corrected chi connectivity index (χ1v) is 6.89. The molecule has 108 valence electrons. The van der Waals surface area contributed by atoms with Crippen LogP contribution in [0.3, 0.4) is 0 Å². The maximum absolute atomic E-state index is 5.84. The Morgan fingerprint density at radius 3 is 2.68 bits per heavy atom. The largest absolute Gasteiger partial charge is 0.379 e. The average molecular weight is 267 g/mol. The zero-order valence-electron chi connectivity index (χ0n) is 12.1. The van der Waals surface area contributed by atoms with Crippen LogP contribution >= 0.6 is 0 Å². The third kappa shape index (κ3) is 2.67. The molecule has 0 aromatic carbocycles. The molecule has 0 bridgehead atoms. The van der Waals surface area contributed by atoms with Crippen LogP contribution in [0.1, 0.15) is 32.1 Å². The first kappa shape index (κ1) is 14.5. The van der Waals surface area contributed by atoms with Crippen LogP contribution in [-0.2, 0) is 11.8 Å². The summed E-state index contributed by atoms with van der Waals surface area (Å²) in [4.78, 5) is 6.91. The molecule has 1 saturated heterocycles. The van der Waals surface area contributed by atoms with E-state index >= 15 is 0 Å². The molecule has 1 aromatic heterocycles. The number of nitrogens with zero attached hydrogens (tertiary/aromatic N) is 3. The molecular weight excluding hydrogens is 242 g/mol. The van der Waals surface area contributed by atoms with Gasteiger partial charge in [0.15, 0.2) is 0 Å². The van der Waals surface area contributed by atoms with Crippen LogP contribution in [0, 0.1) is 0 Å². The van der Waals surface area contributed by atoms with E-state index in [1.54, 1.807) is 0 Å². The van der Waals surface area contributed by atoms with Crippen molar-refractivity contribution in [2.45, 2.75) is 31.8 Å². The van der Waals surface area contributed by atoms with Gasteiger partial charge < -0.3 is 9.30 Å². The predicted octanol–water partition coefficient (Wildman–Crippen LogP) is 0.425. The highest BCUT2D eigenvalue weighted by atomic mass is 16.5. The number of aryl methyl sites for hydroxylation is 1. The van der Waals surface area contributed by atoms with Crippen molar-refractivity contribution in [2.75, 3.05) is 26.3 Å². The highest BCUT2D eigenvalue weighted by Crippen LogP contribution is 2.33. The molecule has 2 heterocycles. The Morgan fingerprint density at radius 2 is 2.21 bits per heavy atom. The van der Waals surface area contributed by atoms with Crippen LogP contribution in [0.2, 0.25) is 0 Å². The number of morpholine rings is 1. The van der Waals surface area contributed by atoms with E-state index in [9.17, 15) is 0 Å². The number of nitrogens with two attached hydrogens (primary N) is 1. The molecule has 1 aliphatic heterocycles. The standard InChI is InChI=1S/C13H25N5O/c1-4-13(2,18-7-9-19-10-8-18)11(16-14)12-15-5-6-17(12)3/h5-6,11,16H,4,7-10,14H2,1-3H3. The van der Waals surface area contributed by atoms with Crippen molar-refractivity contribution in [3.63, 3.8) is 0 Å². The van der Waals surface area contributed by atoms with Gasteiger partial charge in [0.1, 0.15) is 5.82 Å². The molecule has 1 aromatic rings. The molecule has 2 atom stereocenters. The second-order valence-corrected chi connectivity index (χ2v) is 5.31. The SMILES string of the molecule is CCC(C)(C(NN)c1nccn1C)N1CCOCC1. The Kier molecular flexibility index (Phi) is 4.57. The zero-order chi connectivity index (χ0) is 13.9. The minimum Gasteiger partial charge on any atom is -0.379 e. The fraction of sp³-hybridized carbons (Fsp3) is 0.769. The van der Waals surface area contributed by atoms with E-state index in [0.29, 0.717) is 0 Å². The third-order valence-electron chi connectivity index (χ3n) is 4.35. The maximum atomic E-state index is 5.84. The van der Waals surface area contributed by atoms with Gasteiger partial charge in [-0.05, 0) is 13.3 Å². The predicted molar refractivity (Wildman–Crippen MR) is 74.4 cm³/mol. The average Bonchev–Trinajstić information content (AvgIpc) is 2.86. The van der Waals surface area contributed by atoms with Gasteiger partial charge >= 0.3 is 0 Å². The van der Waals surface area contributed by atoms with E-state index in [4.69, 9.17) is 10.6 Å². The monoisotopic (exact) mass is 267 g/mol. The molecular formula is C13H25N5O. The van der Waals surface area contributed by atoms with Gasteiger partial charge in [0.2, 0.25) is 0 Å². The molecule has 0 radical (unpaired) electrons. The summed E-state index contributed by atoms with van der Waals surface area (Å²) in [5, 5.41) is 0. The zero-order valence-corrected chi connectivity index (χ0v) is 12.1. The molecule has 2 rings (SSSR count). The number of nitrogens with one attached hydrogen (secondary N) is 1.